The Morgan fingerprint density at radius 3 is 2.38 bits per heavy atom. The Bertz CT molecular complexity index is 1890. The summed E-state index contributed by atoms with van der Waals surface area (Å²) < 4.78 is 61.1. The monoisotopic (exact) mass is 577 g/mol. The molecule has 0 spiro atoms. The predicted molar refractivity (Wildman–Crippen MR) is 153 cm³/mol. The van der Waals surface area contributed by atoms with Gasteiger partial charge in [-0.05, 0) is 71.7 Å². The predicted octanol–water partition coefficient (Wildman–Crippen LogP) is 3.28. The number of rotatable bonds is 6. The summed E-state index contributed by atoms with van der Waals surface area (Å²) in [6.07, 6.45) is 6.48. The Labute approximate surface area is 232 Å². The fraction of sp³-hybridized carbons (Fsp3) is 0.207. The molecule has 0 radical (unpaired) electrons. The highest BCUT2D eigenvalue weighted by Gasteiger charge is 2.43. The maximum Gasteiger partial charge on any atom is 0.264 e. The van der Waals surface area contributed by atoms with E-state index in [0.717, 1.165) is 6.26 Å². The number of benzene rings is 2. The number of nitrogens with zero attached hydrogens (tertiary/aromatic N) is 2. The molecule has 0 saturated carbocycles. The Hall–Kier alpha value is -4.09. The molecular formula is C29H27N3O6S2. The van der Waals surface area contributed by atoms with Crippen LogP contribution in [0.4, 0.5) is 0 Å². The number of pyridine rings is 1. The summed E-state index contributed by atoms with van der Waals surface area (Å²) >= 11 is 0. The number of nitrogens with one attached hydrogen (secondary N) is 1. The summed E-state index contributed by atoms with van der Waals surface area (Å²) in [6, 6.07) is 16.6. The Morgan fingerprint density at radius 1 is 0.975 bits per heavy atom. The number of sulfonamides is 1. The van der Waals surface area contributed by atoms with Crippen LogP contribution in [0.3, 0.4) is 0 Å². The molecule has 1 unspecified atom stereocenters. The normalized spacial score (nSPS) is 18.2. The van der Waals surface area contributed by atoms with Crippen LogP contribution in [0.1, 0.15) is 17.5 Å². The number of fused-ring (bicyclic) bond motifs is 2. The number of aryl methyl sites for hydroxylation is 1. The fourth-order valence-corrected chi connectivity index (χ4v) is 7.76. The molecule has 11 heteroatoms. The van der Waals surface area contributed by atoms with Crippen molar-refractivity contribution < 1.29 is 21.6 Å². The van der Waals surface area contributed by atoms with Crippen molar-refractivity contribution in [1.82, 2.24) is 14.2 Å². The van der Waals surface area contributed by atoms with Crippen LogP contribution >= 0.6 is 0 Å². The molecule has 2 aromatic carbocycles. The van der Waals surface area contributed by atoms with Crippen LogP contribution < -0.4 is 15.6 Å². The van der Waals surface area contributed by atoms with Crippen LogP contribution in [0.5, 0.6) is 11.5 Å². The SMILES string of the molecule is Cn1ccc2c(c1=O)C1=C3C(=CN(S(=O)(=O)c4ccc(Oc5ccccc5)cc4)C3CCN1)C=C2CS(C)(=O)=O. The highest BCUT2D eigenvalue weighted by molar-refractivity contribution is 7.91. The molecule has 1 atom stereocenters. The molecule has 3 aliphatic rings. The van der Waals surface area contributed by atoms with Crippen molar-refractivity contribution in [2.24, 2.45) is 7.05 Å². The summed E-state index contributed by atoms with van der Waals surface area (Å²) in [5.41, 5.74) is 2.82. The van der Waals surface area contributed by atoms with Gasteiger partial charge in [0.15, 0.2) is 9.84 Å². The standard InChI is InChI=1S/C29H27N3O6S2/c1-31-15-13-24-20(18-39(2,34)35)16-19-17-32(25-12-14-30-28(26(19)25)27(24)29(31)33)40(36,37)23-10-8-22(9-11-23)38-21-6-4-3-5-7-21/h3-11,13,15-17,25,30H,12,14,18H2,1-2H3. The summed E-state index contributed by atoms with van der Waals surface area (Å²) in [4.78, 5) is 13.5. The van der Waals surface area contributed by atoms with E-state index in [0.29, 0.717) is 58.0 Å². The van der Waals surface area contributed by atoms with Gasteiger partial charge in [0.2, 0.25) is 0 Å². The Balaban J connectivity index is 1.44. The summed E-state index contributed by atoms with van der Waals surface area (Å²) in [5.74, 6) is 0.855. The van der Waals surface area contributed by atoms with Crippen molar-refractivity contribution in [3.8, 4) is 11.5 Å². The van der Waals surface area contributed by atoms with Gasteiger partial charge in [-0.2, -0.15) is 0 Å². The average Bonchev–Trinajstić information content (AvgIpc) is 3.23. The van der Waals surface area contributed by atoms with E-state index >= 15 is 0 Å². The lowest BCUT2D eigenvalue weighted by atomic mass is 9.92. The van der Waals surface area contributed by atoms with E-state index in [2.05, 4.69) is 5.32 Å². The van der Waals surface area contributed by atoms with E-state index < -0.39 is 25.9 Å². The molecule has 1 aliphatic carbocycles. The molecule has 206 valence electrons. The van der Waals surface area contributed by atoms with Crippen LogP contribution in [0.25, 0.3) is 11.3 Å². The van der Waals surface area contributed by atoms with Gasteiger partial charge in [-0.15, -0.1) is 0 Å². The van der Waals surface area contributed by atoms with Crippen LogP contribution in [0, 0.1) is 0 Å². The van der Waals surface area contributed by atoms with Gasteiger partial charge in [-0.1, -0.05) is 18.2 Å². The third-order valence-electron chi connectivity index (χ3n) is 7.20. The molecule has 0 saturated heterocycles. The van der Waals surface area contributed by atoms with Gasteiger partial charge in [-0.3, -0.25) is 9.10 Å². The van der Waals surface area contributed by atoms with Gasteiger partial charge in [0, 0.05) is 37.8 Å². The van der Waals surface area contributed by atoms with Crippen molar-refractivity contribution in [1.29, 1.82) is 0 Å². The molecule has 6 rings (SSSR count). The second-order valence-corrected chi connectivity index (χ2v) is 14.1. The topological polar surface area (TPSA) is 115 Å². The molecule has 0 fully saturated rings. The Kier molecular flexibility index (Phi) is 6.23. The van der Waals surface area contributed by atoms with Gasteiger partial charge < -0.3 is 14.6 Å². The number of allylic oxidation sites excluding steroid dienone is 1. The van der Waals surface area contributed by atoms with Gasteiger partial charge in [0.25, 0.3) is 15.6 Å². The summed E-state index contributed by atoms with van der Waals surface area (Å²) in [5, 5.41) is 3.32. The zero-order chi connectivity index (χ0) is 28.2. The van der Waals surface area contributed by atoms with Crippen LogP contribution in [0.15, 0.2) is 100.0 Å². The first-order valence-electron chi connectivity index (χ1n) is 12.7. The molecule has 40 heavy (non-hydrogen) atoms. The lowest BCUT2D eigenvalue weighted by Gasteiger charge is -2.31. The summed E-state index contributed by atoms with van der Waals surface area (Å²) in [6.45, 7) is 0.444. The van der Waals surface area contributed by atoms with E-state index in [9.17, 15) is 21.6 Å². The lowest BCUT2D eigenvalue weighted by molar-refractivity contribution is 0.426. The second-order valence-electron chi connectivity index (χ2n) is 10.1. The van der Waals surface area contributed by atoms with Gasteiger partial charge in [0.1, 0.15) is 11.5 Å². The highest BCUT2D eigenvalue weighted by Crippen LogP contribution is 2.44. The van der Waals surface area contributed by atoms with Gasteiger partial charge in [0.05, 0.1) is 28.0 Å². The fourth-order valence-electron chi connectivity index (χ4n) is 5.43. The number of sulfone groups is 1. The van der Waals surface area contributed by atoms with Crippen LogP contribution in [0.2, 0.25) is 0 Å². The molecule has 0 amide bonds. The molecule has 3 heterocycles. The largest absolute Gasteiger partial charge is 0.457 e. The average molecular weight is 578 g/mol. The molecule has 1 N–H and O–H groups in total. The molecule has 9 nitrogen and oxygen atoms in total. The molecule has 2 aliphatic heterocycles. The quantitative estimate of drug-likeness (QED) is 0.478. The molecule has 0 bridgehead atoms. The first-order valence-corrected chi connectivity index (χ1v) is 16.2. The van der Waals surface area contributed by atoms with Crippen molar-refractivity contribution >= 4 is 31.1 Å². The zero-order valence-corrected chi connectivity index (χ0v) is 23.5. The van der Waals surface area contributed by atoms with Crippen molar-refractivity contribution in [3.05, 3.63) is 112 Å². The first kappa shape index (κ1) is 26.1. The maximum atomic E-state index is 13.9. The minimum atomic E-state index is -3.99. The van der Waals surface area contributed by atoms with E-state index in [1.807, 2.05) is 30.3 Å². The van der Waals surface area contributed by atoms with E-state index in [-0.39, 0.29) is 16.2 Å². The zero-order valence-electron chi connectivity index (χ0n) is 21.9. The van der Waals surface area contributed by atoms with Crippen molar-refractivity contribution in [2.45, 2.75) is 17.4 Å². The van der Waals surface area contributed by atoms with E-state index in [1.165, 1.54) is 21.0 Å². The minimum Gasteiger partial charge on any atom is -0.457 e. The maximum absolute atomic E-state index is 13.9. The van der Waals surface area contributed by atoms with E-state index in [1.54, 1.807) is 43.7 Å². The smallest absolute Gasteiger partial charge is 0.264 e. The van der Waals surface area contributed by atoms with Crippen LogP contribution in [-0.4, -0.2) is 50.3 Å². The number of hydrogen-bond donors (Lipinski definition) is 1. The molecule has 1 aromatic heterocycles. The highest BCUT2D eigenvalue weighted by atomic mass is 32.2. The third kappa shape index (κ3) is 4.54. The van der Waals surface area contributed by atoms with Crippen LogP contribution in [-0.2, 0) is 26.9 Å². The van der Waals surface area contributed by atoms with E-state index in [4.69, 9.17) is 4.74 Å². The molecular weight excluding hydrogens is 550 g/mol. The number of ether oxygens (including phenoxy) is 1. The molecule has 3 aromatic rings. The van der Waals surface area contributed by atoms with Gasteiger partial charge in [-0.25, -0.2) is 16.8 Å². The van der Waals surface area contributed by atoms with Crippen molar-refractivity contribution in [3.63, 3.8) is 0 Å². The van der Waals surface area contributed by atoms with Gasteiger partial charge >= 0.3 is 0 Å². The number of aromatic nitrogens is 1. The lowest BCUT2D eigenvalue weighted by Crippen LogP contribution is -2.41. The minimum absolute atomic E-state index is 0.0959. The first-order chi connectivity index (χ1) is 19.0. The summed E-state index contributed by atoms with van der Waals surface area (Å²) in [7, 11) is -5.81. The Morgan fingerprint density at radius 2 is 1.68 bits per heavy atom. The van der Waals surface area contributed by atoms with Crippen molar-refractivity contribution in [2.75, 3.05) is 18.6 Å². The second kappa shape index (κ2) is 9.53. The third-order valence-corrected chi connectivity index (χ3v) is 9.81. The number of hydrogen-bond acceptors (Lipinski definition) is 7. The number of para-hydroxylation sites is 1.